The Morgan fingerprint density at radius 2 is 2.38 bits per heavy atom. The van der Waals surface area contributed by atoms with Crippen LogP contribution in [-0.2, 0) is 14.8 Å². The number of carbonyl (C=O) groups excluding carboxylic acids is 1. The molecule has 1 amide bonds. The lowest BCUT2D eigenvalue weighted by Gasteiger charge is -2.34. The summed E-state index contributed by atoms with van der Waals surface area (Å²) in [5.74, 6) is -0.0297. The van der Waals surface area contributed by atoms with Gasteiger partial charge in [0.2, 0.25) is 15.9 Å². The Labute approximate surface area is 124 Å². The van der Waals surface area contributed by atoms with Crippen molar-refractivity contribution >= 4 is 15.9 Å². The lowest BCUT2D eigenvalue weighted by Crippen LogP contribution is -2.52. The summed E-state index contributed by atoms with van der Waals surface area (Å²) < 4.78 is 26.4. The molecule has 0 spiro atoms. The molecular weight excluding hydrogens is 292 g/mol. The Bertz CT molecular complexity index is 576. The molecule has 1 saturated heterocycles. The van der Waals surface area contributed by atoms with Crippen LogP contribution in [0.25, 0.3) is 0 Å². The summed E-state index contributed by atoms with van der Waals surface area (Å²) in [5.41, 5.74) is 0. The van der Waals surface area contributed by atoms with Crippen LogP contribution in [0.15, 0.2) is 29.4 Å². The average molecular weight is 312 g/mol. The molecule has 0 aliphatic carbocycles. The summed E-state index contributed by atoms with van der Waals surface area (Å²) in [5, 5.41) is 3.21. The molecule has 1 aliphatic heterocycles. The molecule has 0 radical (unpaired) electrons. The summed E-state index contributed by atoms with van der Waals surface area (Å²) >= 11 is 0. The summed E-state index contributed by atoms with van der Waals surface area (Å²) in [6.07, 6.45) is 2.95. The quantitative estimate of drug-likeness (QED) is 0.770. The highest BCUT2D eigenvalue weighted by Crippen LogP contribution is 2.07. The number of rotatable bonds is 5. The molecule has 1 fully saturated rings. The van der Waals surface area contributed by atoms with Crippen LogP contribution in [0.4, 0.5) is 0 Å². The van der Waals surface area contributed by atoms with Gasteiger partial charge in [0, 0.05) is 51.0 Å². The van der Waals surface area contributed by atoms with Crippen molar-refractivity contribution in [3.8, 4) is 0 Å². The van der Waals surface area contributed by atoms with Crippen molar-refractivity contribution in [3.05, 3.63) is 24.5 Å². The fourth-order valence-corrected chi connectivity index (χ4v) is 3.23. The molecule has 2 N–H and O–H groups in total. The first-order chi connectivity index (χ1) is 10.0. The van der Waals surface area contributed by atoms with Gasteiger partial charge in [0.05, 0.1) is 0 Å². The first-order valence-corrected chi connectivity index (χ1v) is 8.39. The lowest BCUT2D eigenvalue weighted by molar-refractivity contribution is -0.133. The minimum atomic E-state index is -3.60. The molecule has 0 bridgehead atoms. The van der Waals surface area contributed by atoms with Crippen LogP contribution in [0.1, 0.15) is 13.3 Å². The second kappa shape index (κ2) is 6.97. The molecule has 21 heavy (non-hydrogen) atoms. The summed E-state index contributed by atoms with van der Waals surface area (Å²) in [4.78, 5) is 17.7. The van der Waals surface area contributed by atoms with E-state index in [1.165, 1.54) is 18.5 Å². The molecule has 8 heteroatoms. The number of carbonyl (C=O) groups is 1. The molecule has 0 unspecified atom stereocenters. The number of sulfonamides is 1. The van der Waals surface area contributed by atoms with E-state index in [1.54, 1.807) is 11.0 Å². The van der Waals surface area contributed by atoms with Gasteiger partial charge in [-0.1, -0.05) is 0 Å². The fourth-order valence-electron chi connectivity index (χ4n) is 2.24. The summed E-state index contributed by atoms with van der Waals surface area (Å²) in [7, 11) is -3.60. The smallest absolute Gasteiger partial charge is 0.242 e. The third-order valence-electron chi connectivity index (χ3n) is 3.40. The van der Waals surface area contributed by atoms with Crippen LogP contribution in [0, 0.1) is 0 Å². The Morgan fingerprint density at radius 3 is 3.05 bits per heavy atom. The standard InChI is InChI=1S/C13H20N4O3S/c1-11-9-15-7-8-17(11)13(18)4-6-16-21(19,20)12-3-2-5-14-10-12/h2-3,5,10-11,15-16H,4,6-9H2,1H3/t11-/m1/s1. The van der Waals surface area contributed by atoms with Gasteiger partial charge in [0.15, 0.2) is 0 Å². The fraction of sp³-hybridized carbons (Fsp3) is 0.538. The SMILES string of the molecule is C[C@@H]1CNCCN1C(=O)CCNS(=O)(=O)c1cccnc1. The van der Waals surface area contributed by atoms with E-state index in [9.17, 15) is 13.2 Å². The topological polar surface area (TPSA) is 91.4 Å². The summed E-state index contributed by atoms with van der Waals surface area (Å²) in [6, 6.07) is 3.17. The number of pyridine rings is 1. The van der Waals surface area contributed by atoms with Crippen molar-refractivity contribution in [1.82, 2.24) is 19.9 Å². The van der Waals surface area contributed by atoms with Gasteiger partial charge in [0.1, 0.15) is 4.90 Å². The zero-order valence-corrected chi connectivity index (χ0v) is 12.8. The van der Waals surface area contributed by atoms with Gasteiger partial charge in [-0.15, -0.1) is 0 Å². The molecule has 116 valence electrons. The highest BCUT2D eigenvalue weighted by molar-refractivity contribution is 7.89. The van der Waals surface area contributed by atoms with E-state index in [2.05, 4.69) is 15.0 Å². The van der Waals surface area contributed by atoms with E-state index < -0.39 is 10.0 Å². The van der Waals surface area contributed by atoms with Gasteiger partial charge in [0.25, 0.3) is 0 Å². The van der Waals surface area contributed by atoms with Crippen LogP contribution in [0.2, 0.25) is 0 Å². The van der Waals surface area contributed by atoms with E-state index in [1.807, 2.05) is 6.92 Å². The van der Waals surface area contributed by atoms with Gasteiger partial charge in [-0.25, -0.2) is 13.1 Å². The number of nitrogens with one attached hydrogen (secondary N) is 2. The maximum absolute atomic E-state index is 12.1. The number of aromatic nitrogens is 1. The molecule has 1 aliphatic rings. The number of hydrogen-bond acceptors (Lipinski definition) is 5. The van der Waals surface area contributed by atoms with Crippen molar-refractivity contribution in [3.63, 3.8) is 0 Å². The van der Waals surface area contributed by atoms with E-state index >= 15 is 0 Å². The third kappa shape index (κ3) is 4.23. The van der Waals surface area contributed by atoms with E-state index in [0.717, 1.165) is 13.1 Å². The van der Waals surface area contributed by atoms with E-state index in [4.69, 9.17) is 0 Å². The van der Waals surface area contributed by atoms with Crippen LogP contribution < -0.4 is 10.0 Å². The van der Waals surface area contributed by atoms with Gasteiger partial charge in [-0.05, 0) is 19.1 Å². The highest BCUT2D eigenvalue weighted by atomic mass is 32.2. The number of nitrogens with zero attached hydrogens (tertiary/aromatic N) is 2. The maximum atomic E-state index is 12.1. The molecule has 2 heterocycles. The zero-order valence-electron chi connectivity index (χ0n) is 11.9. The number of hydrogen-bond donors (Lipinski definition) is 2. The monoisotopic (exact) mass is 312 g/mol. The van der Waals surface area contributed by atoms with Crippen molar-refractivity contribution in [2.75, 3.05) is 26.2 Å². The molecule has 1 atom stereocenters. The lowest BCUT2D eigenvalue weighted by atomic mass is 10.2. The second-order valence-corrected chi connectivity index (χ2v) is 6.74. The van der Waals surface area contributed by atoms with E-state index in [0.29, 0.717) is 6.54 Å². The van der Waals surface area contributed by atoms with Gasteiger partial charge >= 0.3 is 0 Å². The second-order valence-electron chi connectivity index (χ2n) is 4.98. The summed E-state index contributed by atoms with van der Waals surface area (Å²) in [6.45, 7) is 4.27. The van der Waals surface area contributed by atoms with Crippen molar-refractivity contribution in [2.24, 2.45) is 0 Å². The van der Waals surface area contributed by atoms with Crippen LogP contribution in [0.3, 0.4) is 0 Å². The Hall–Kier alpha value is -1.51. The minimum Gasteiger partial charge on any atom is -0.337 e. The van der Waals surface area contributed by atoms with Crippen molar-refractivity contribution < 1.29 is 13.2 Å². The maximum Gasteiger partial charge on any atom is 0.242 e. The molecule has 0 aromatic carbocycles. The van der Waals surface area contributed by atoms with Crippen molar-refractivity contribution in [1.29, 1.82) is 0 Å². The van der Waals surface area contributed by atoms with Gasteiger partial charge in [-0.2, -0.15) is 0 Å². The van der Waals surface area contributed by atoms with Gasteiger partial charge < -0.3 is 10.2 Å². The Morgan fingerprint density at radius 1 is 1.57 bits per heavy atom. The average Bonchev–Trinajstić information content (AvgIpc) is 2.48. The molecule has 1 aromatic heterocycles. The van der Waals surface area contributed by atoms with E-state index in [-0.39, 0.29) is 29.8 Å². The largest absolute Gasteiger partial charge is 0.337 e. The molecule has 0 saturated carbocycles. The van der Waals surface area contributed by atoms with Gasteiger partial charge in [-0.3, -0.25) is 9.78 Å². The van der Waals surface area contributed by atoms with Crippen LogP contribution in [0.5, 0.6) is 0 Å². The van der Waals surface area contributed by atoms with Crippen molar-refractivity contribution in [2.45, 2.75) is 24.3 Å². The number of amides is 1. The Kier molecular flexibility index (Phi) is 5.27. The molecule has 7 nitrogen and oxygen atoms in total. The van der Waals surface area contributed by atoms with Crippen LogP contribution >= 0.6 is 0 Å². The molecule has 1 aromatic rings. The third-order valence-corrected chi connectivity index (χ3v) is 4.84. The predicted octanol–water partition coefficient (Wildman–Crippen LogP) is -0.430. The normalized spacial score (nSPS) is 19.5. The highest BCUT2D eigenvalue weighted by Gasteiger charge is 2.23. The first-order valence-electron chi connectivity index (χ1n) is 6.90. The van der Waals surface area contributed by atoms with Crippen LogP contribution in [-0.4, -0.2) is 56.4 Å². The minimum absolute atomic E-state index is 0.0297. The first kappa shape index (κ1) is 15.9. The Balaban J connectivity index is 1.85. The number of piperazine rings is 1. The predicted molar refractivity (Wildman–Crippen MR) is 78.1 cm³/mol. The molecular formula is C13H20N4O3S. The zero-order chi connectivity index (χ0) is 15.3. The molecule has 2 rings (SSSR count).